The molecule has 3 heterocycles. The van der Waals surface area contributed by atoms with E-state index in [9.17, 15) is 24.8 Å². The van der Waals surface area contributed by atoms with Gasteiger partial charge in [0.05, 0.1) is 29.5 Å². The van der Waals surface area contributed by atoms with Crippen molar-refractivity contribution in [2.75, 3.05) is 11.5 Å². The molecule has 24 heavy (non-hydrogen) atoms. The Kier molecular flexibility index (Phi) is 3.08. The number of hydrogen-bond acceptors (Lipinski definition) is 6. The summed E-state index contributed by atoms with van der Waals surface area (Å²) in [7, 11) is 0. The SMILES string of the molecule is O=C1[C@H]2[C@H]3C=C[C@@](CO)(O3)[C@H]2C(=O)N1c1ccc(Cl)cc1[N+](=O)[O-]. The van der Waals surface area contributed by atoms with Gasteiger partial charge < -0.3 is 9.84 Å². The highest BCUT2D eigenvalue weighted by atomic mass is 35.5. The maximum absolute atomic E-state index is 12.8. The molecular formula is C15H11ClN2O6. The molecule has 3 aliphatic heterocycles. The lowest BCUT2D eigenvalue weighted by Crippen LogP contribution is -2.43. The Morgan fingerprint density at radius 2 is 2.12 bits per heavy atom. The van der Waals surface area contributed by atoms with Crippen LogP contribution in [0.5, 0.6) is 0 Å². The maximum Gasteiger partial charge on any atom is 0.294 e. The van der Waals surface area contributed by atoms with Crippen molar-refractivity contribution in [2.45, 2.75) is 11.7 Å². The van der Waals surface area contributed by atoms with Crippen LogP contribution in [0.25, 0.3) is 0 Å². The zero-order chi connectivity index (χ0) is 17.2. The first kappa shape index (κ1) is 15.3. The molecule has 8 nitrogen and oxygen atoms in total. The number of aliphatic hydroxyl groups excluding tert-OH is 1. The van der Waals surface area contributed by atoms with Gasteiger partial charge in [0.25, 0.3) is 5.69 Å². The molecule has 2 bridgehead atoms. The number of aliphatic hydroxyl groups is 1. The number of anilines is 1. The minimum Gasteiger partial charge on any atom is -0.393 e. The molecule has 124 valence electrons. The van der Waals surface area contributed by atoms with Gasteiger partial charge in [0.1, 0.15) is 11.3 Å². The van der Waals surface area contributed by atoms with Crippen molar-refractivity contribution in [2.24, 2.45) is 11.8 Å². The minimum atomic E-state index is -1.24. The van der Waals surface area contributed by atoms with E-state index in [1.165, 1.54) is 12.1 Å². The van der Waals surface area contributed by atoms with E-state index in [-0.39, 0.29) is 10.7 Å². The van der Waals surface area contributed by atoms with E-state index in [1.54, 1.807) is 12.2 Å². The molecule has 2 fully saturated rings. The molecule has 0 aromatic heterocycles. The quantitative estimate of drug-likeness (QED) is 0.377. The summed E-state index contributed by atoms with van der Waals surface area (Å²) in [5, 5.41) is 21.0. The van der Waals surface area contributed by atoms with E-state index in [2.05, 4.69) is 0 Å². The van der Waals surface area contributed by atoms with E-state index < -0.39 is 52.6 Å². The van der Waals surface area contributed by atoms with Crippen LogP contribution in [0, 0.1) is 22.0 Å². The van der Waals surface area contributed by atoms with E-state index in [1.807, 2.05) is 0 Å². The second kappa shape index (κ2) is 4.85. The molecule has 2 amide bonds. The molecule has 3 aliphatic rings. The van der Waals surface area contributed by atoms with Crippen LogP contribution in [-0.4, -0.2) is 40.2 Å². The van der Waals surface area contributed by atoms with Crippen LogP contribution in [0.1, 0.15) is 0 Å². The summed E-state index contributed by atoms with van der Waals surface area (Å²) < 4.78 is 5.61. The second-order valence-corrected chi connectivity index (χ2v) is 6.40. The van der Waals surface area contributed by atoms with Crippen LogP contribution >= 0.6 is 11.6 Å². The Labute approximate surface area is 140 Å². The van der Waals surface area contributed by atoms with Crippen LogP contribution in [0.3, 0.4) is 0 Å². The van der Waals surface area contributed by atoms with Gasteiger partial charge in [-0.3, -0.25) is 19.7 Å². The normalized spacial score (nSPS) is 33.4. The third-order valence-electron chi connectivity index (χ3n) is 4.78. The first-order valence-electron chi connectivity index (χ1n) is 7.19. The van der Waals surface area contributed by atoms with Crippen molar-refractivity contribution in [1.82, 2.24) is 0 Å². The van der Waals surface area contributed by atoms with Gasteiger partial charge in [-0.15, -0.1) is 0 Å². The van der Waals surface area contributed by atoms with Gasteiger partial charge in [-0.1, -0.05) is 23.8 Å². The fourth-order valence-corrected chi connectivity index (χ4v) is 3.92. The summed E-state index contributed by atoms with van der Waals surface area (Å²) in [4.78, 5) is 37.0. The topological polar surface area (TPSA) is 110 Å². The maximum atomic E-state index is 12.8. The number of nitro benzene ring substituents is 1. The summed E-state index contributed by atoms with van der Waals surface area (Å²) in [6, 6.07) is 3.75. The van der Waals surface area contributed by atoms with Crippen molar-refractivity contribution in [1.29, 1.82) is 0 Å². The molecule has 9 heteroatoms. The number of carbonyl (C=O) groups is 2. The number of amides is 2. The Hall–Kier alpha value is -2.29. The number of ether oxygens (including phenoxy) is 1. The second-order valence-electron chi connectivity index (χ2n) is 5.96. The van der Waals surface area contributed by atoms with E-state index in [0.717, 1.165) is 11.0 Å². The smallest absolute Gasteiger partial charge is 0.294 e. The van der Waals surface area contributed by atoms with Crippen molar-refractivity contribution in [3.8, 4) is 0 Å². The average molecular weight is 351 g/mol. The first-order valence-corrected chi connectivity index (χ1v) is 7.57. The lowest BCUT2D eigenvalue weighted by atomic mass is 9.77. The number of carbonyl (C=O) groups excluding carboxylic acids is 2. The van der Waals surface area contributed by atoms with Crippen LogP contribution < -0.4 is 4.90 Å². The van der Waals surface area contributed by atoms with E-state index >= 15 is 0 Å². The number of halogens is 1. The molecule has 1 aromatic rings. The van der Waals surface area contributed by atoms with Gasteiger partial charge in [0.2, 0.25) is 11.8 Å². The molecule has 0 aliphatic carbocycles. The highest BCUT2D eigenvalue weighted by molar-refractivity contribution is 6.31. The van der Waals surface area contributed by atoms with Gasteiger partial charge in [-0.2, -0.15) is 0 Å². The van der Waals surface area contributed by atoms with E-state index in [4.69, 9.17) is 16.3 Å². The van der Waals surface area contributed by atoms with Crippen molar-refractivity contribution in [3.05, 3.63) is 45.5 Å². The number of hydrogen-bond donors (Lipinski definition) is 1. The molecule has 4 rings (SSSR count). The molecule has 0 spiro atoms. The van der Waals surface area contributed by atoms with Crippen molar-refractivity contribution >= 4 is 34.8 Å². The van der Waals surface area contributed by atoms with Crippen LogP contribution in [0.2, 0.25) is 5.02 Å². The van der Waals surface area contributed by atoms with Gasteiger partial charge in [0.15, 0.2) is 0 Å². The fourth-order valence-electron chi connectivity index (χ4n) is 3.75. The highest BCUT2D eigenvalue weighted by Crippen LogP contribution is 2.53. The minimum absolute atomic E-state index is 0.124. The van der Waals surface area contributed by atoms with E-state index in [0.29, 0.717) is 0 Å². The van der Waals surface area contributed by atoms with Gasteiger partial charge >= 0.3 is 0 Å². The molecule has 4 atom stereocenters. The lowest BCUT2D eigenvalue weighted by molar-refractivity contribution is -0.384. The molecule has 1 N–H and O–H groups in total. The fraction of sp³-hybridized carbons (Fsp3) is 0.333. The summed E-state index contributed by atoms with van der Waals surface area (Å²) >= 11 is 5.78. The average Bonchev–Trinajstić information content (AvgIpc) is 3.19. The summed E-state index contributed by atoms with van der Waals surface area (Å²) in [5.74, 6) is -2.86. The van der Waals surface area contributed by atoms with Crippen molar-refractivity contribution in [3.63, 3.8) is 0 Å². The number of imide groups is 1. The Balaban J connectivity index is 1.82. The predicted molar refractivity (Wildman–Crippen MR) is 81.4 cm³/mol. The summed E-state index contributed by atoms with van der Waals surface area (Å²) in [6.45, 7) is -0.448. The van der Waals surface area contributed by atoms with Crippen LogP contribution in [0.4, 0.5) is 11.4 Å². The zero-order valence-corrected chi connectivity index (χ0v) is 12.8. The molecule has 1 aromatic carbocycles. The number of fused-ring (bicyclic) bond motifs is 5. The summed E-state index contributed by atoms with van der Waals surface area (Å²) in [5.41, 5.74) is -1.79. The number of benzene rings is 1. The molecule has 0 radical (unpaired) electrons. The lowest BCUT2D eigenvalue weighted by Gasteiger charge is -2.26. The number of nitro groups is 1. The monoisotopic (exact) mass is 350 g/mol. The Bertz CT molecular complexity index is 824. The summed E-state index contributed by atoms with van der Waals surface area (Å²) in [6.07, 6.45) is 2.61. The number of nitrogens with zero attached hydrogens (tertiary/aromatic N) is 2. The Morgan fingerprint density at radius 1 is 1.38 bits per heavy atom. The third kappa shape index (κ3) is 1.75. The van der Waals surface area contributed by atoms with Crippen LogP contribution in [-0.2, 0) is 14.3 Å². The van der Waals surface area contributed by atoms with Crippen LogP contribution in [0.15, 0.2) is 30.4 Å². The van der Waals surface area contributed by atoms with Gasteiger partial charge in [0, 0.05) is 11.1 Å². The Morgan fingerprint density at radius 3 is 2.79 bits per heavy atom. The standard InChI is InChI=1S/C15H11ClN2O6/c16-7-1-2-8(9(5-7)18(22)23)17-13(20)11-10-3-4-15(6-19,24-10)12(11)14(17)21/h1-5,10-12,19H,6H2/t10-,11+,12-,15+/m1/s1. The molecule has 0 saturated carbocycles. The zero-order valence-electron chi connectivity index (χ0n) is 12.1. The molecular weight excluding hydrogens is 340 g/mol. The van der Waals surface area contributed by atoms with Gasteiger partial charge in [-0.25, -0.2) is 4.90 Å². The predicted octanol–water partition coefficient (Wildman–Crippen LogP) is 1.05. The van der Waals surface area contributed by atoms with Crippen molar-refractivity contribution < 1.29 is 24.4 Å². The molecule has 0 unspecified atom stereocenters. The molecule has 2 saturated heterocycles. The van der Waals surface area contributed by atoms with Gasteiger partial charge in [-0.05, 0) is 12.1 Å². The third-order valence-corrected chi connectivity index (χ3v) is 5.01. The highest BCUT2D eigenvalue weighted by Gasteiger charge is 2.68. The number of rotatable bonds is 3. The first-order chi connectivity index (χ1) is 11.4. The largest absolute Gasteiger partial charge is 0.393 e.